The molecule has 3 heteroatoms. The van der Waals surface area contributed by atoms with Crippen LogP contribution in [0.4, 0.5) is 0 Å². The van der Waals surface area contributed by atoms with Crippen LogP contribution in [-0.2, 0) is 19.4 Å². The predicted molar refractivity (Wildman–Crippen MR) is 88.8 cm³/mol. The maximum Gasteiger partial charge on any atom is 0.251 e. The van der Waals surface area contributed by atoms with Crippen molar-refractivity contribution in [1.82, 2.24) is 5.32 Å². The lowest BCUT2D eigenvalue weighted by Crippen LogP contribution is -2.25. The van der Waals surface area contributed by atoms with Gasteiger partial charge in [0.05, 0.1) is 6.61 Å². The van der Waals surface area contributed by atoms with Gasteiger partial charge in [-0.25, -0.2) is 0 Å². The van der Waals surface area contributed by atoms with E-state index in [4.69, 9.17) is 5.11 Å². The van der Waals surface area contributed by atoms with Crippen LogP contribution >= 0.6 is 0 Å². The van der Waals surface area contributed by atoms with Gasteiger partial charge in [-0.1, -0.05) is 49.7 Å². The Balaban J connectivity index is 1.81. The topological polar surface area (TPSA) is 49.3 Å². The maximum atomic E-state index is 12.1. The first kappa shape index (κ1) is 16.2. The highest BCUT2D eigenvalue weighted by atomic mass is 16.3. The number of nitrogens with one attached hydrogen (secondary N) is 1. The second-order valence-corrected chi connectivity index (χ2v) is 5.43. The molecule has 116 valence electrons. The van der Waals surface area contributed by atoms with Gasteiger partial charge in [-0.2, -0.15) is 0 Å². The van der Waals surface area contributed by atoms with E-state index < -0.39 is 0 Å². The van der Waals surface area contributed by atoms with E-state index in [0.717, 1.165) is 30.4 Å². The normalized spacial score (nSPS) is 10.5. The van der Waals surface area contributed by atoms with Crippen molar-refractivity contribution in [2.45, 2.75) is 32.8 Å². The first-order valence-corrected chi connectivity index (χ1v) is 7.78. The lowest BCUT2D eigenvalue weighted by atomic mass is 10.1. The Labute approximate surface area is 132 Å². The van der Waals surface area contributed by atoms with E-state index in [1.165, 1.54) is 5.56 Å². The SMILES string of the molecule is CCCc1ccc(C(=O)NCCc2ccc(CO)cc2)cc1. The third-order valence-electron chi connectivity index (χ3n) is 3.66. The van der Waals surface area contributed by atoms with E-state index in [-0.39, 0.29) is 12.5 Å². The fourth-order valence-corrected chi connectivity index (χ4v) is 2.35. The molecule has 0 aromatic heterocycles. The van der Waals surface area contributed by atoms with Gasteiger partial charge in [-0.3, -0.25) is 4.79 Å². The summed E-state index contributed by atoms with van der Waals surface area (Å²) in [6.07, 6.45) is 2.94. The third-order valence-corrected chi connectivity index (χ3v) is 3.66. The lowest BCUT2D eigenvalue weighted by Gasteiger charge is -2.07. The number of amides is 1. The highest BCUT2D eigenvalue weighted by molar-refractivity contribution is 5.94. The number of aliphatic hydroxyl groups is 1. The van der Waals surface area contributed by atoms with Gasteiger partial charge in [0, 0.05) is 12.1 Å². The molecule has 0 aliphatic carbocycles. The Kier molecular flexibility index (Phi) is 6.16. The summed E-state index contributed by atoms with van der Waals surface area (Å²) in [5.41, 5.74) is 4.02. The Morgan fingerprint density at radius 2 is 1.45 bits per heavy atom. The molecule has 0 fully saturated rings. The summed E-state index contributed by atoms with van der Waals surface area (Å²) >= 11 is 0. The number of hydrogen-bond donors (Lipinski definition) is 2. The van der Waals surface area contributed by atoms with Crippen LogP contribution in [-0.4, -0.2) is 17.6 Å². The van der Waals surface area contributed by atoms with Crippen LogP contribution in [0.15, 0.2) is 48.5 Å². The van der Waals surface area contributed by atoms with Crippen LogP contribution in [0, 0.1) is 0 Å². The molecule has 1 amide bonds. The fraction of sp³-hybridized carbons (Fsp3) is 0.316. The van der Waals surface area contributed by atoms with Gasteiger partial charge in [0.2, 0.25) is 0 Å². The summed E-state index contributed by atoms with van der Waals surface area (Å²) in [5, 5.41) is 11.9. The average Bonchev–Trinajstić information content (AvgIpc) is 2.56. The van der Waals surface area contributed by atoms with Crippen LogP contribution in [0.5, 0.6) is 0 Å². The smallest absolute Gasteiger partial charge is 0.251 e. The Hall–Kier alpha value is -2.13. The molecule has 2 aromatic rings. The average molecular weight is 297 g/mol. The Morgan fingerprint density at radius 1 is 0.909 bits per heavy atom. The fourth-order valence-electron chi connectivity index (χ4n) is 2.35. The minimum Gasteiger partial charge on any atom is -0.392 e. The van der Waals surface area contributed by atoms with Gasteiger partial charge in [0.15, 0.2) is 0 Å². The van der Waals surface area contributed by atoms with Crippen molar-refractivity contribution >= 4 is 5.91 Å². The molecule has 0 unspecified atom stereocenters. The zero-order valence-corrected chi connectivity index (χ0v) is 13.0. The van der Waals surface area contributed by atoms with Crippen LogP contribution < -0.4 is 5.32 Å². The second kappa shape index (κ2) is 8.35. The molecule has 0 saturated carbocycles. The standard InChI is InChI=1S/C19H23NO2/c1-2-3-15-8-10-18(11-9-15)19(22)20-13-12-16-4-6-17(14-21)7-5-16/h4-11,21H,2-3,12-14H2,1H3,(H,20,22). The molecular weight excluding hydrogens is 274 g/mol. The summed E-state index contributed by atoms with van der Waals surface area (Å²) < 4.78 is 0. The molecule has 0 saturated heterocycles. The quantitative estimate of drug-likeness (QED) is 0.825. The molecule has 0 bridgehead atoms. The molecule has 0 spiro atoms. The van der Waals surface area contributed by atoms with E-state index in [1.54, 1.807) is 0 Å². The highest BCUT2D eigenvalue weighted by Crippen LogP contribution is 2.07. The van der Waals surface area contributed by atoms with E-state index in [9.17, 15) is 4.79 Å². The first-order valence-electron chi connectivity index (χ1n) is 7.78. The molecule has 2 N–H and O–H groups in total. The van der Waals surface area contributed by atoms with Crippen molar-refractivity contribution in [2.75, 3.05) is 6.54 Å². The summed E-state index contributed by atoms with van der Waals surface area (Å²) in [4.78, 5) is 12.1. The largest absolute Gasteiger partial charge is 0.392 e. The maximum absolute atomic E-state index is 12.1. The minimum atomic E-state index is -0.0324. The molecular formula is C19H23NO2. The van der Waals surface area contributed by atoms with E-state index in [1.807, 2.05) is 48.5 Å². The number of hydrogen-bond acceptors (Lipinski definition) is 2. The van der Waals surface area contributed by atoms with E-state index in [0.29, 0.717) is 12.1 Å². The Morgan fingerprint density at radius 3 is 2.05 bits per heavy atom. The molecule has 22 heavy (non-hydrogen) atoms. The van der Waals surface area contributed by atoms with Crippen LogP contribution in [0.3, 0.4) is 0 Å². The number of aliphatic hydroxyl groups excluding tert-OH is 1. The number of rotatable bonds is 7. The monoisotopic (exact) mass is 297 g/mol. The molecule has 0 heterocycles. The number of aryl methyl sites for hydroxylation is 1. The molecule has 0 atom stereocenters. The summed E-state index contributed by atoms with van der Waals surface area (Å²) in [5.74, 6) is -0.0324. The molecule has 0 radical (unpaired) electrons. The van der Waals surface area contributed by atoms with Crippen molar-refractivity contribution in [3.05, 3.63) is 70.8 Å². The van der Waals surface area contributed by atoms with Gasteiger partial charge >= 0.3 is 0 Å². The third kappa shape index (κ3) is 4.71. The number of carbonyl (C=O) groups excluding carboxylic acids is 1. The lowest BCUT2D eigenvalue weighted by molar-refractivity contribution is 0.0954. The summed E-state index contributed by atoms with van der Waals surface area (Å²) in [7, 11) is 0. The van der Waals surface area contributed by atoms with Crippen LogP contribution in [0.1, 0.15) is 40.4 Å². The van der Waals surface area contributed by atoms with Crippen molar-refractivity contribution in [3.63, 3.8) is 0 Å². The molecule has 0 aliphatic rings. The highest BCUT2D eigenvalue weighted by Gasteiger charge is 2.04. The second-order valence-electron chi connectivity index (χ2n) is 5.43. The summed E-state index contributed by atoms with van der Waals surface area (Å²) in [6.45, 7) is 2.81. The van der Waals surface area contributed by atoms with Crippen molar-refractivity contribution in [1.29, 1.82) is 0 Å². The number of carbonyl (C=O) groups is 1. The summed E-state index contributed by atoms with van der Waals surface area (Å²) in [6, 6.07) is 15.6. The zero-order chi connectivity index (χ0) is 15.8. The van der Waals surface area contributed by atoms with Crippen LogP contribution in [0.2, 0.25) is 0 Å². The van der Waals surface area contributed by atoms with Crippen molar-refractivity contribution in [2.24, 2.45) is 0 Å². The van der Waals surface area contributed by atoms with Crippen molar-refractivity contribution in [3.8, 4) is 0 Å². The van der Waals surface area contributed by atoms with Crippen molar-refractivity contribution < 1.29 is 9.90 Å². The van der Waals surface area contributed by atoms with E-state index >= 15 is 0 Å². The molecule has 2 rings (SSSR count). The predicted octanol–water partition coefficient (Wildman–Crippen LogP) is 3.10. The van der Waals surface area contributed by atoms with Gasteiger partial charge < -0.3 is 10.4 Å². The number of benzene rings is 2. The first-order chi connectivity index (χ1) is 10.7. The molecule has 2 aromatic carbocycles. The molecule has 0 aliphatic heterocycles. The van der Waals surface area contributed by atoms with Gasteiger partial charge in [-0.05, 0) is 41.7 Å². The zero-order valence-electron chi connectivity index (χ0n) is 13.0. The van der Waals surface area contributed by atoms with Gasteiger partial charge in [0.1, 0.15) is 0 Å². The molecule has 3 nitrogen and oxygen atoms in total. The van der Waals surface area contributed by atoms with Crippen LogP contribution in [0.25, 0.3) is 0 Å². The Bertz CT molecular complexity index is 588. The van der Waals surface area contributed by atoms with Gasteiger partial charge in [-0.15, -0.1) is 0 Å². The minimum absolute atomic E-state index is 0.0324. The van der Waals surface area contributed by atoms with E-state index in [2.05, 4.69) is 12.2 Å². The van der Waals surface area contributed by atoms with Gasteiger partial charge in [0.25, 0.3) is 5.91 Å².